The predicted octanol–water partition coefficient (Wildman–Crippen LogP) is 2.80. The molecule has 1 aromatic carbocycles. The third kappa shape index (κ3) is 4.14. The molecule has 0 bridgehead atoms. The number of nitrogens with one attached hydrogen (secondary N) is 1. The van der Waals surface area contributed by atoms with Crippen LogP contribution in [0.3, 0.4) is 0 Å². The first-order valence-electron chi connectivity index (χ1n) is 6.53. The molecular formula is C15H25NO. The molecule has 2 unspecified atom stereocenters. The van der Waals surface area contributed by atoms with Crippen LogP contribution in [0.1, 0.15) is 31.4 Å². The van der Waals surface area contributed by atoms with Gasteiger partial charge in [-0.15, -0.1) is 0 Å². The molecule has 0 aliphatic rings. The molecule has 1 aromatic rings. The maximum Gasteiger partial charge on any atom is 0.0724 e. The Morgan fingerprint density at radius 2 is 1.71 bits per heavy atom. The van der Waals surface area contributed by atoms with Crippen molar-refractivity contribution in [2.24, 2.45) is 0 Å². The third-order valence-corrected chi connectivity index (χ3v) is 3.41. The first kappa shape index (κ1) is 14.2. The van der Waals surface area contributed by atoms with Gasteiger partial charge in [0.05, 0.1) is 6.10 Å². The minimum atomic E-state index is 0.283. The number of methoxy groups -OCH3 is 1. The van der Waals surface area contributed by atoms with Gasteiger partial charge in [-0.25, -0.2) is 0 Å². The molecule has 1 rings (SSSR count). The highest BCUT2D eigenvalue weighted by Crippen LogP contribution is 2.12. The lowest BCUT2D eigenvalue weighted by atomic mass is 9.98. The zero-order valence-electron chi connectivity index (χ0n) is 11.5. The van der Waals surface area contributed by atoms with Crippen molar-refractivity contribution in [3.63, 3.8) is 0 Å². The fourth-order valence-corrected chi connectivity index (χ4v) is 2.20. The molecule has 96 valence electrons. The summed E-state index contributed by atoms with van der Waals surface area (Å²) in [5.41, 5.74) is 2.77. The summed E-state index contributed by atoms with van der Waals surface area (Å²) in [6.07, 6.45) is 3.44. The average Bonchev–Trinajstić information content (AvgIpc) is 2.39. The van der Waals surface area contributed by atoms with Crippen molar-refractivity contribution in [1.82, 2.24) is 5.32 Å². The monoisotopic (exact) mass is 235 g/mol. The van der Waals surface area contributed by atoms with Gasteiger partial charge in [-0.2, -0.15) is 0 Å². The molecule has 2 nitrogen and oxygen atoms in total. The van der Waals surface area contributed by atoms with Gasteiger partial charge >= 0.3 is 0 Å². The van der Waals surface area contributed by atoms with Gasteiger partial charge in [0, 0.05) is 13.2 Å². The van der Waals surface area contributed by atoms with Crippen LogP contribution in [0, 0.1) is 0 Å². The van der Waals surface area contributed by atoms with Crippen molar-refractivity contribution in [3.05, 3.63) is 35.4 Å². The minimum Gasteiger partial charge on any atom is -0.380 e. The lowest BCUT2D eigenvalue weighted by Gasteiger charge is -2.24. The van der Waals surface area contributed by atoms with E-state index in [-0.39, 0.29) is 6.10 Å². The Morgan fingerprint density at radius 3 is 2.12 bits per heavy atom. The van der Waals surface area contributed by atoms with Crippen molar-refractivity contribution in [2.75, 3.05) is 14.2 Å². The Morgan fingerprint density at radius 1 is 1.12 bits per heavy atom. The summed E-state index contributed by atoms with van der Waals surface area (Å²) in [5.74, 6) is 0. The second-order valence-electron chi connectivity index (χ2n) is 4.45. The summed E-state index contributed by atoms with van der Waals surface area (Å²) in [6.45, 7) is 4.35. The van der Waals surface area contributed by atoms with Gasteiger partial charge in [0.1, 0.15) is 0 Å². The van der Waals surface area contributed by atoms with Crippen molar-refractivity contribution in [3.8, 4) is 0 Å². The molecule has 17 heavy (non-hydrogen) atoms. The van der Waals surface area contributed by atoms with Crippen LogP contribution in [0.25, 0.3) is 0 Å². The SMILES string of the molecule is CCc1ccc(CC(NC)C(CC)OC)cc1. The fraction of sp³-hybridized carbons (Fsp3) is 0.600. The maximum atomic E-state index is 5.51. The Kier molecular flexibility index (Phi) is 6.23. The molecule has 0 amide bonds. The average molecular weight is 235 g/mol. The van der Waals surface area contributed by atoms with Gasteiger partial charge in [0.2, 0.25) is 0 Å². The predicted molar refractivity (Wildman–Crippen MR) is 73.5 cm³/mol. The number of aryl methyl sites for hydroxylation is 1. The lowest BCUT2D eigenvalue weighted by Crippen LogP contribution is -2.40. The molecule has 1 N–H and O–H groups in total. The smallest absolute Gasteiger partial charge is 0.0724 e. The number of likely N-dealkylation sites (N-methyl/N-ethyl adjacent to an activating group) is 1. The molecule has 0 saturated heterocycles. The van der Waals surface area contributed by atoms with Gasteiger partial charge in [0.15, 0.2) is 0 Å². The van der Waals surface area contributed by atoms with Crippen LogP contribution in [0.15, 0.2) is 24.3 Å². The maximum absolute atomic E-state index is 5.51. The number of hydrogen-bond donors (Lipinski definition) is 1. The van der Waals surface area contributed by atoms with E-state index in [1.165, 1.54) is 11.1 Å². The van der Waals surface area contributed by atoms with Crippen molar-refractivity contribution in [2.45, 2.75) is 45.3 Å². The van der Waals surface area contributed by atoms with E-state index in [0.29, 0.717) is 6.04 Å². The van der Waals surface area contributed by atoms with Crippen LogP contribution in [-0.2, 0) is 17.6 Å². The summed E-state index contributed by atoms with van der Waals surface area (Å²) in [4.78, 5) is 0. The standard InChI is InChI=1S/C15H25NO/c1-5-12-7-9-13(10-8-12)11-14(16-3)15(6-2)17-4/h7-10,14-16H,5-6,11H2,1-4H3. The van der Waals surface area contributed by atoms with E-state index in [1.807, 2.05) is 7.05 Å². The molecule has 0 spiro atoms. The summed E-state index contributed by atoms with van der Waals surface area (Å²) in [7, 11) is 3.80. The van der Waals surface area contributed by atoms with Gasteiger partial charge in [0.25, 0.3) is 0 Å². The summed E-state index contributed by atoms with van der Waals surface area (Å²) >= 11 is 0. The van der Waals surface area contributed by atoms with Gasteiger partial charge in [-0.1, -0.05) is 38.1 Å². The largest absolute Gasteiger partial charge is 0.380 e. The van der Waals surface area contributed by atoms with Crippen molar-refractivity contribution in [1.29, 1.82) is 0 Å². The number of hydrogen-bond acceptors (Lipinski definition) is 2. The molecule has 0 fully saturated rings. The Hall–Kier alpha value is -0.860. The summed E-state index contributed by atoms with van der Waals surface area (Å²) < 4.78 is 5.51. The highest BCUT2D eigenvalue weighted by molar-refractivity contribution is 5.23. The molecule has 0 aliphatic carbocycles. The first-order chi connectivity index (χ1) is 8.24. The van der Waals surface area contributed by atoms with Crippen LogP contribution in [0.5, 0.6) is 0 Å². The Bertz CT molecular complexity index is 303. The molecule has 0 saturated carbocycles. The van der Waals surface area contributed by atoms with E-state index in [4.69, 9.17) is 4.74 Å². The van der Waals surface area contributed by atoms with Crippen molar-refractivity contribution >= 4 is 0 Å². The molecular weight excluding hydrogens is 210 g/mol. The second kappa shape index (κ2) is 7.46. The molecule has 0 aliphatic heterocycles. The third-order valence-electron chi connectivity index (χ3n) is 3.41. The van der Waals surface area contributed by atoms with Gasteiger partial charge in [-0.3, -0.25) is 0 Å². The minimum absolute atomic E-state index is 0.283. The highest BCUT2D eigenvalue weighted by atomic mass is 16.5. The van der Waals surface area contributed by atoms with E-state index >= 15 is 0 Å². The molecule has 0 aromatic heterocycles. The zero-order valence-corrected chi connectivity index (χ0v) is 11.5. The first-order valence-corrected chi connectivity index (χ1v) is 6.53. The van der Waals surface area contributed by atoms with E-state index in [1.54, 1.807) is 7.11 Å². The Labute approximate surface area is 105 Å². The van der Waals surface area contributed by atoms with Crippen LogP contribution in [0.4, 0.5) is 0 Å². The summed E-state index contributed by atoms with van der Waals surface area (Å²) in [5, 5.41) is 3.36. The van der Waals surface area contributed by atoms with E-state index in [2.05, 4.69) is 43.4 Å². The molecule has 0 radical (unpaired) electrons. The zero-order chi connectivity index (χ0) is 12.7. The topological polar surface area (TPSA) is 21.3 Å². The van der Waals surface area contributed by atoms with E-state index < -0.39 is 0 Å². The summed E-state index contributed by atoms with van der Waals surface area (Å²) in [6, 6.07) is 9.28. The Balaban J connectivity index is 2.66. The molecule has 2 heteroatoms. The van der Waals surface area contributed by atoms with E-state index in [0.717, 1.165) is 19.3 Å². The van der Waals surface area contributed by atoms with Gasteiger partial charge in [-0.05, 0) is 37.4 Å². The highest BCUT2D eigenvalue weighted by Gasteiger charge is 2.17. The molecule has 0 heterocycles. The quantitative estimate of drug-likeness (QED) is 0.784. The van der Waals surface area contributed by atoms with Crippen LogP contribution < -0.4 is 5.32 Å². The van der Waals surface area contributed by atoms with Crippen molar-refractivity contribution < 1.29 is 4.74 Å². The second-order valence-corrected chi connectivity index (χ2v) is 4.45. The molecule has 2 atom stereocenters. The van der Waals surface area contributed by atoms with Gasteiger partial charge < -0.3 is 10.1 Å². The lowest BCUT2D eigenvalue weighted by molar-refractivity contribution is 0.0678. The normalized spacial score (nSPS) is 14.6. The van der Waals surface area contributed by atoms with Crippen LogP contribution in [0.2, 0.25) is 0 Å². The van der Waals surface area contributed by atoms with Crippen LogP contribution >= 0.6 is 0 Å². The number of benzene rings is 1. The fourth-order valence-electron chi connectivity index (χ4n) is 2.20. The number of rotatable bonds is 7. The van der Waals surface area contributed by atoms with E-state index in [9.17, 15) is 0 Å². The van der Waals surface area contributed by atoms with Crippen LogP contribution in [-0.4, -0.2) is 26.3 Å². The number of ether oxygens (including phenoxy) is 1.